The molecule has 2 atom stereocenters. The van der Waals surface area contributed by atoms with E-state index in [-0.39, 0.29) is 0 Å². The molecule has 4 heteroatoms. The number of nitrogens with two attached hydrogens (primary N) is 1. The number of aromatic nitrogens is 1. The summed E-state index contributed by atoms with van der Waals surface area (Å²) in [6.07, 6.45) is 5.76. The van der Waals surface area contributed by atoms with Crippen molar-refractivity contribution in [2.45, 2.75) is 38.3 Å². The summed E-state index contributed by atoms with van der Waals surface area (Å²) in [5, 5.41) is 0. The highest BCUT2D eigenvalue weighted by Gasteiger charge is 2.35. The standard InChI is InChI=1S/C14H22N4/c1-10-5-7-16-14(13(10)15)18-8-6-11-3-4-12(9-18)17(11)2/h5,7,11-12H,3-4,6,8-9,15H2,1-2H3. The van der Waals surface area contributed by atoms with Gasteiger partial charge in [-0.3, -0.25) is 4.90 Å². The van der Waals surface area contributed by atoms with Gasteiger partial charge in [0.25, 0.3) is 0 Å². The first-order valence-electron chi connectivity index (χ1n) is 6.85. The molecule has 0 aliphatic carbocycles. The van der Waals surface area contributed by atoms with Gasteiger partial charge in [0.15, 0.2) is 5.82 Å². The first-order valence-corrected chi connectivity index (χ1v) is 6.85. The predicted octanol–water partition coefficient (Wildman–Crippen LogP) is 1.65. The monoisotopic (exact) mass is 246 g/mol. The van der Waals surface area contributed by atoms with E-state index in [2.05, 4.69) is 28.8 Å². The molecule has 0 spiro atoms. The smallest absolute Gasteiger partial charge is 0.152 e. The van der Waals surface area contributed by atoms with Gasteiger partial charge in [-0.15, -0.1) is 0 Å². The van der Waals surface area contributed by atoms with Gasteiger partial charge in [0.2, 0.25) is 0 Å². The fourth-order valence-electron chi connectivity index (χ4n) is 3.31. The second-order valence-electron chi connectivity index (χ2n) is 5.65. The van der Waals surface area contributed by atoms with Crippen LogP contribution in [0.25, 0.3) is 0 Å². The lowest BCUT2D eigenvalue weighted by Crippen LogP contribution is -2.37. The van der Waals surface area contributed by atoms with Gasteiger partial charge in [-0.1, -0.05) is 0 Å². The molecule has 4 nitrogen and oxygen atoms in total. The summed E-state index contributed by atoms with van der Waals surface area (Å²) in [4.78, 5) is 9.42. The van der Waals surface area contributed by atoms with Crippen LogP contribution in [0.1, 0.15) is 24.8 Å². The molecular formula is C14H22N4. The number of hydrogen-bond acceptors (Lipinski definition) is 4. The van der Waals surface area contributed by atoms with Gasteiger partial charge in [-0.2, -0.15) is 0 Å². The highest BCUT2D eigenvalue weighted by atomic mass is 15.3. The number of fused-ring (bicyclic) bond motifs is 2. The minimum atomic E-state index is 0.666. The fourth-order valence-corrected chi connectivity index (χ4v) is 3.31. The lowest BCUT2D eigenvalue weighted by atomic mass is 10.1. The van der Waals surface area contributed by atoms with E-state index in [1.165, 1.54) is 19.3 Å². The van der Waals surface area contributed by atoms with Crippen molar-refractivity contribution < 1.29 is 0 Å². The molecule has 2 unspecified atom stereocenters. The van der Waals surface area contributed by atoms with Gasteiger partial charge in [0.05, 0.1) is 5.69 Å². The van der Waals surface area contributed by atoms with Gasteiger partial charge in [-0.05, 0) is 44.9 Å². The summed E-state index contributed by atoms with van der Waals surface area (Å²) >= 11 is 0. The van der Waals surface area contributed by atoms with E-state index in [1.54, 1.807) is 0 Å². The Kier molecular flexibility index (Phi) is 2.90. The van der Waals surface area contributed by atoms with Gasteiger partial charge in [0.1, 0.15) is 0 Å². The molecule has 2 aliphatic heterocycles. The van der Waals surface area contributed by atoms with E-state index in [0.717, 1.165) is 36.2 Å². The maximum atomic E-state index is 6.18. The fraction of sp³-hybridized carbons (Fsp3) is 0.643. The van der Waals surface area contributed by atoms with E-state index in [9.17, 15) is 0 Å². The molecule has 1 aromatic heterocycles. The highest BCUT2D eigenvalue weighted by molar-refractivity contribution is 5.66. The van der Waals surface area contributed by atoms with E-state index >= 15 is 0 Å². The zero-order valence-electron chi connectivity index (χ0n) is 11.3. The molecule has 3 heterocycles. The molecule has 2 saturated heterocycles. The van der Waals surface area contributed by atoms with E-state index in [4.69, 9.17) is 5.73 Å². The Labute approximate surface area is 109 Å². The maximum Gasteiger partial charge on any atom is 0.152 e. The number of hydrogen-bond donors (Lipinski definition) is 1. The second-order valence-corrected chi connectivity index (χ2v) is 5.65. The Bertz CT molecular complexity index is 445. The third-order valence-corrected chi connectivity index (χ3v) is 4.64. The van der Waals surface area contributed by atoms with Gasteiger partial charge < -0.3 is 10.6 Å². The first kappa shape index (κ1) is 11.8. The summed E-state index contributed by atoms with van der Waals surface area (Å²) in [6, 6.07) is 3.40. The Hall–Kier alpha value is -1.29. The van der Waals surface area contributed by atoms with Crippen LogP contribution in [0.5, 0.6) is 0 Å². The van der Waals surface area contributed by atoms with Crippen LogP contribution < -0.4 is 10.6 Å². The molecule has 18 heavy (non-hydrogen) atoms. The van der Waals surface area contributed by atoms with Crippen LogP contribution in [0.2, 0.25) is 0 Å². The number of nitrogens with zero attached hydrogens (tertiary/aromatic N) is 3. The van der Waals surface area contributed by atoms with Crippen molar-refractivity contribution in [3.05, 3.63) is 17.8 Å². The number of nitrogen functional groups attached to an aromatic ring is 1. The zero-order chi connectivity index (χ0) is 12.7. The minimum absolute atomic E-state index is 0.666. The largest absolute Gasteiger partial charge is 0.396 e. The number of pyridine rings is 1. The van der Waals surface area contributed by atoms with Gasteiger partial charge in [0, 0.05) is 31.4 Å². The van der Waals surface area contributed by atoms with Crippen molar-refractivity contribution in [2.75, 3.05) is 30.8 Å². The highest BCUT2D eigenvalue weighted by Crippen LogP contribution is 2.32. The average Bonchev–Trinajstić information content (AvgIpc) is 2.58. The van der Waals surface area contributed by atoms with Crippen molar-refractivity contribution in [3.63, 3.8) is 0 Å². The molecule has 1 aromatic rings. The van der Waals surface area contributed by atoms with E-state index in [0.29, 0.717) is 6.04 Å². The molecular weight excluding hydrogens is 224 g/mol. The molecule has 0 amide bonds. The summed E-state index contributed by atoms with van der Waals surface area (Å²) in [5.41, 5.74) is 8.15. The van der Waals surface area contributed by atoms with Crippen LogP contribution in [0.15, 0.2) is 12.3 Å². The van der Waals surface area contributed by atoms with Crippen LogP contribution in [0, 0.1) is 6.92 Å². The Morgan fingerprint density at radius 1 is 1.28 bits per heavy atom. The molecule has 2 bridgehead atoms. The number of rotatable bonds is 1. The molecule has 2 fully saturated rings. The van der Waals surface area contributed by atoms with Gasteiger partial charge in [-0.25, -0.2) is 4.98 Å². The van der Waals surface area contributed by atoms with Crippen molar-refractivity contribution in [3.8, 4) is 0 Å². The predicted molar refractivity (Wildman–Crippen MR) is 74.8 cm³/mol. The Morgan fingerprint density at radius 2 is 2.06 bits per heavy atom. The summed E-state index contributed by atoms with van der Waals surface area (Å²) in [5.74, 6) is 0.982. The normalized spacial score (nSPS) is 28.4. The number of aryl methyl sites for hydroxylation is 1. The van der Waals surface area contributed by atoms with E-state index in [1.807, 2.05) is 12.3 Å². The van der Waals surface area contributed by atoms with Crippen LogP contribution in [-0.2, 0) is 0 Å². The summed E-state index contributed by atoms with van der Waals surface area (Å²) < 4.78 is 0. The van der Waals surface area contributed by atoms with Crippen molar-refractivity contribution in [2.24, 2.45) is 0 Å². The quantitative estimate of drug-likeness (QED) is 0.818. The molecule has 0 saturated carbocycles. The van der Waals surface area contributed by atoms with Crippen molar-refractivity contribution in [1.29, 1.82) is 0 Å². The van der Waals surface area contributed by atoms with E-state index < -0.39 is 0 Å². The van der Waals surface area contributed by atoms with Crippen LogP contribution >= 0.6 is 0 Å². The first-order chi connectivity index (χ1) is 8.66. The summed E-state index contributed by atoms with van der Waals surface area (Å²) in [7, 11) is 2.26. The third-order valence-electron chi connectivity index (χ3n) is 4.64. The minimum Gasteiger partial charge on any atom is -0.396 e. The molecule has 0 radical (unpaired) electrons. The zero-order valence-corrected chi connectivity index (χ0v) is 11.3. The SMILES string of the molecule is Cc1ccnc(N2CCC3CCC(C2)N3C)c1N. The topological polar surface area (TPSA) is 45.4 Å². The average molecular weight is 246 g/mol. The van der Waals surface area contributed by atoms with Gasteiger partial charge >= 0.3 is 0 Å². The molecule has 3 rings (SSSR count). The van der Waals surface area contributed by atoms with Crippen molar-refractivity contribution >= 4 is 11.5 Å². The van der Waals surface area contributed by atoms with Crippen molar-refractivity contribution in [1.82, 2.24) is 9.88 Å². The molecule has 2 aliphatic rings. The Morgan fingerprint density at radius 3 is 2.89 bits per heavy atom. The number of likely N-dealkylation sites (N-methyl/N-ethyl adjacent to an activating group) is 1. The van der Waals surface area contributed by atoms with Crippen LogP contribution in [-0.4, -0.2) is 42.1 Å². The van der Waals surface area contributed by atoms with Crippen LogP contribution in [0.3, 0.4) is 0 Å². The second kappa shape index (κ2) is 4.43. The lowest BCUT2D eigenvalue weighted by Gasteiger charge is -2.27. The third kappa shape index (κ3) is 1.85. The Balaban J connectivity index is 1.87. The molecule has 0 aromatic carbocycles. The summed E-state index contributed by atoms with van der Waals surface area (Å²) in [6.45, 7) is 4.19. The maximum absolute atomic E-state index is 6.18. The molecule has 98 valence electrons. The molecule has 2 N–H and O–H groups in total. The lowest BCUT2D eigenvalue weighted by molar-refractivity contribution is 0.254. The van der Waals surface area contributed by atoms with Crippen LogP contribution in [0.4, 0.5) is 11.5 Å². The number of anilines is 2.